The SMILES string of the molecule is Clc1nc(-c2ccc3cc(-c4ccccc4)ccc3c2)nc(-c2ccc(-c3cccc4oc5ccccc5c34)c3ccccc23)n1. The van der Waals surface area contributed by atoms with E-state index in [4.69, 9.17) is 21.0 Å². The lowest BCUT2D eigenvalue weighted by molar-refractivity contribution is 0.669. The maximum absolute atomic E-state index is 6.57. The number of benzene rings is 7. The van der Waals surface area contributed by atoms with Gasteiger partial charge in [-0.3, -0.25) is 0 Å². The molecule has 0 fully saturated rings. The Morgan fingerprint density at radius 2 is 1.04 bits per heavy atom. The number of nitrogens with zero attached hydrogens (tertiary/aromatic N) is 3. The van der Waals surface area contributed by atoms with Crippen LogP contribution in [-0.4, -0.2) is 15.0 Å². The van der Waals surface area contributed by atoms with E-state index in [9.17, 15) is 0 Å². The van der Waals surface area contributed by atoms with Crippen LogP contribution >= 0.6 is 11.6 Å². The Bertz CT molecular complexity index is 2610. The lowest BCUT2D eigenvalue weighted by atomic mass is 9.92. The van der Waals surface area contributed by atoms with Crippen molar-refractivity contribution in [3.8, 4) is 45.0 Å². The molecule has 0 aliphatic heterocycles. The van der Waals surface area contributed by atoms with Gasteiger partial charge in [0.05, 0.1) is 0 Å². The molecule has 2 heterocycles. The van der Waals surface area contributed by atoms with Crippen LogP contribution in [0.2, 0.25) is 5.28 Å². The van der Waals surface area contributed by atoms with Crippen molar-refractivity contribution in [2.45, 2.75) is 0 Å². The van der Waals surface area contributed by atoms with Gasteiger partial charge in [-0.15, -0.1) is 0 Å². The second-order valence-electron chi connectivity index (χ2n) is 11.4. The molecule has 0 spiro atoms. The van der Waals surface area contributed by atoms with Gasteiger partial charge in [-0.05, 0) is 85.7 Å². The first-order valence-electron chi connectivity index (χ1n) is 15.1. The first-order chi connectivity index (χ1) is 22.7. The molecule has 0 amide bonds. The van der Waals surface area contributed by atoms with Gasteiger partial charge in [0, 0.05) is 21.9 Å². The molecular weight excluding hydrogens is 586 g/mol. The molecule has 9 rings (SSSR count). The highest BCUT2D eigenvalue weighted by molar-refractivity contribution is 6.28. The summed E-state index contributed by atoms with van der Waals surface area (Å²) in [6.45, 7) is 0. The molecule has 5 heteroatoms. The topological polar surface area (TPSA) is 51.8 Å². The van der Waals surface area contributed by atoms with Crippen LogP contribution < -0.4 is 0 Å². The van der Waals surface area contributed by atoms with Gasteiger partial charge in [0.15, 0.2) is 11.6 Å². The van der Waals surface area contributed by atoms with Crippen LogP contribution in [0, 0.1) is 0 Å². The zero-order chi connectivity index (χ0) is 30.6. The van der Waals surface area contributed by atoms with Gasteiger partial charge >= 0.3 is 0 Å². The highest BCUT2D eigenvalue weighted by Crippen LogP contribution is 2.41. The van der Waals surface area contributed by atoms with Crippen LogP contribution in [0.15, 0.2) is 150 Å². The van der Waals surface area contributed by atoms with Crippen molar-refractivity contribution in [1.82, 2.24) is 15.0 Å². The second kappa shape index (κ2) is 10.7. The maximum Gasteiger partial charge on any atom is 0.226 e. The summed E-state index contributed by atoms with van der Waals surface area (Å²) in [4.78, 5) is 14.1. The Morgan fingerprint density at radius 1 is 0.413 bits per heavy atom. The zero-order valence-electron chi connectivity index (χ0n) is 24.5. The van der Waals surface area contributed by atoms with E-state index in [2.05, 4.69) is 113 Å². The lowest BCUT2D eigenvalue weighted by Gasteiger charge is -2.13. The fourth-order valence-electron chi connectivity index (χ4n) is 6.52. The van der Waals surface area contributed by atoms with E-state index in [-0.39, 0.29) is 5.28 Å². The Balaban J connectivity index is 1.16. The van der Waals surface area contributed by atoms with Crippen LogP contribution in [0.25, 0.3) is 88.5 Å². The Labute approximate surface area is 269 Å². The van der Waals surface area contributed by atoms with Gasteiger partial charge in [0.1, 0.15) is 11.2 Å². The fourth-order valence-corrected chi connectivity index (χ4v) is 6.68. The van der Waals surface area contributed by atoms with Crippen molar-refractivity contribution in [2.24, 2.45) is 0 Å². The second-order valence-corrected chi connectivity index (χ2v) is 11.7. The van der Waals surface area contributed by atoms with Gasteiger partial charge in [-0.2, -0.15) is 9.97 Å². The molecule has 0 aliphatic rings. The Kier molecular flexibility index (Phi) is 6.15. The molecule has 0 N–H and O–H groups in total. The molecule has 0 bridgehead atoms. The first kappa shape index (κ1) is 26.6. The Morgan fingerprint density at radius 3 is 1.87 bits per heavy atom. The summed E-state index contributed by atoms with van der Waals surface area (Å²) in [5.41, 5.74) is 8.12. The van der Waals surface area contributed by atoms with Crippen LogP contribution in [0.4, 0.5) is 0 Å². The van der Waals surface area contributed by atoms with Crippen molar-refractivity contribution in [3.63, 3.8) is 0 Å². The van der Waals surface area contributed by atoms with Crippen molar-refractivity contribution < 1.29 is 4.42 Å². The summed E-state index contributed by atoms with van der Waals surface area (Å²) < 4.78 is 6.20. The molecule has 46 heavy (non-hydrogen) atoms. The van der Waals surface area contributed by atoms with E-state index in [1.165, 1.54) is 11.1 Å². The largest absolute Gasteiger partial charge is 0.456 e. The molecule has 0 saturated heterocycles. The summed E-state index contributed by atoms with van der Waals surface area (Å²) in [5, 5.41) is 6.73. The van der Waals surface area contributed by atoms with E-state index in [0.717, 1.165) is 65.7 Å². The van der Waals surface area contributed by atoms with Gasteiger partial charge in [-0.1, -0.05) is 115 Å². The summed E-state index contributed by atoms with van der Waals surface area (Å²) in [5.74, 6) is 1.07. The quantitative estimate of drug-likeness (QED) is 0.199. The predicted molar refractivity (Wildman–Crippen MR) is 189 cm³/mol. The fraction of sp³-hybridized carbons (Fsp3) is 0. The van der Waals surface area contributed by atoms with Crippen molar-refractivity contribution >= 4 is 55.1 Å². The smallest absolute Gasteiger partial charge is 0.226 e. The number of halogens is 1. The van der Waals surface area contributed by atoms with Crippen molar-refractivity contribution in [3.05, 3.63) is 151 Å². The third kappa shape index (κ3) is 4.42. The van der Waals surface area contributed by atoms with Gasteiger partial charge < -0.3 is 4.42 Å². The minimum absolute atomic E-state index is 0.155. The number of furan rings is 1. The van der Waals surface area contributed by atoms with E-state index >= 15 is 0 Å². The molecule has 0 unspecified atom stereocenters. The standard InChI is InChI=1S/C41H24ClN3O/c42-41-44-39(29-20-19-27-23-26(17-18-28(27)24-29)25-9-2-1-3-10-25)43-40(45-41)34-22-21-32(30-11-4-5-12-31(30)34)33-14-8-16-37-38(33)35-13-6-7-15-36(35)46-37/h1-24H. The lowest BCUT2D eigenvalue weighted by Crippen LogP contribution is -1.98. The third-order valence-corrected chi connectivity index (χ3v) is 8.84. The van der Waals surface area contributed by atoms with Crippen LogP contribution in [-0.2, 0) is 0 Å². The highest BCUT2D eigenvalue weighted by Gasteiger charge is 2.18. The minimum atomic E-state index is 0.155. The summed E-state index contributed by atoms with van der Waals surface area (Å²) in [6, 6.07) is 50.2. The summed E-state index contributed by atoms with van der Waals surface area (Å²) in [7, 11) is 0. The Hall–Kier alpha value is -5.84. The van der Waals surface area contributed by atoms with Gasteiger partial charge in [0.2, 0.25) is 5.28 Å². The molecule has 216 valence electrons. The first-order valence-corrected chi connectivity index (χ1v) is 15.5. The van der Waals surface area contributed by atoms with Crippen molar-refractivity contribution in [2.75, 3.05) is 0 Å². The number of para-hydroxylation sites is 1. The van der Waals surface area contributed by atoms with Gasteiger partial charge in [-0.25, -0.2) is 4.98 Å². The zero-order valence-corrected chi connectivity index (χ0v) is 25.2. The average molecular weight is 610 g/mol. The van der Waals surface area contributed by atoms with E-state index in [0.29, 0.717) is 11.6 Å². The number of rotatable bonds is 4. The summed E-state index contributed by atoms with van der Waals surface area (Å²) in [6.07, 6.45) is 0. The van der Waals surface area contributed by atoms with Crippen LogP contribution in [0.3, 0.4) is 0 Å². The molecule has 0 atom stereocenters. The van der Waals surface area contributed by atoms with Crippen LogP contribution in [0.1, 0.15) is 0 Å². The highest BCUT2D eigenvalue weighted by atomic mass is 35.5. The van der Waals surface area contributed by atoms with E-state index in [1.807, 2.05) is 42.5 Å². The number of aromatic nitrogens is 3. The third-order valence-electron chi connectivity index (χ3n) is 8.67. The average Bonchev–Trinajstić information content (AvgIpc) is 3.50. The normalized spacial score (nSPS) is 11.6. The predicted octanol–water partition coefficient (Wildman–Crippen LogP) is 11.4. The van der Waals surface area contributed by atoms with Gasteiger partial charge in [0.25, 0.3) is 0 Å². The van der Waals surface area contributed by atoms with E-state index in [1.54, 1.807) is 0 Å². The monoisotopic (exact) mass is 609 g/mol. The number of fused-ring (bicyclic) bond motifs is 5. The van der Waals surface area contributed by atoms with E-state index < -0.39 is 0 Å². The number of hydrogen-bond acceptors (Lipinski definition) is 4. The maximum atomic E-state index is 6.57. The molecule has 9 aromatic rings. The summed E-state index contributed by atoms with van der Waals surface area (Å²) >= 11 is 6.57. The van der Waals surface area contributed by atoms with Crippen LogP contribution in [0.5, 0.6) is 0 Å². The molecule has 4 nitrogen and oxygen atoms in total. The molecule has 0 saturated carbocycles. The molecule has 0 aliphatic carbocycles. The number of hydrogen-bond donors (Lipinski definition) is 0. The molecular formula is C41H24ClN3O. The molecule has 7 aromatic carbocycles. The molecule has 0 radical (unpaired) electrons. The molecule has 2 aromatic heterocycles. The van der Waals surface area contributed by atoms with Crippen molar-refractivity contribution in [1.29, 1.82) is 0 Å². The minimum Gasteiger partial charge on any atom is -0.456 e.